The number of carbonyl (C=O) groups excluding carboxylic acids is 2. The van der Waals surface area contributed by atoms with Crippen molar-refractivity contribution < 1.29 is 9.59 Å². The van der Waals surface area contributed by atoms with E-state index in [9.17, 15) is 9.59 Å². The zero-order chi connectivity index (χ0) is 14.4. The van der Waals surface area contributed by atoms with Gasteiger partial charge in [-0.3, -0.25) is 9.59 Å². The lowest BCUT2D eigenvalue weighted by molar-refractivity contribution is -0.118. The SMILES string of the molecule is CCC(Sc1nsc(SC(CC)C(N)=O)n1)C(N)=O. The van der Waals surface area contributed by atoms with Gasteiger partial charge in [-0.05, 0) is 24.4 Å². The largest absolute Gasteiger partial charge is 0.369 e. The molecule has 0 fully saturated rings. The summed E-state index contributed by atoms with van der Waals surface area (Å²) in [6, 6.07) is 0. The van der Waals surface area contributed by atoms with Crippen molar-refractivity contribution in [1.29, 1.82) is 0 Å². The van der Waals surface area contributed by atoms with Crippen molar-refractivity contribution in [3.63, 3.8) is 0 Å². The Bertz CT molecular complexity index is 413. The van der Waals surface area contributed by atoms with Gasteiger partial charge in [0.1, 0.15) is 0 Å². The van der Waals surface area contributed by atoms with Crippen molar-refractivity contribution in [2.24, 2.45) is 11.5 Å². The Balaban J connectivity index is 2.66. The lowest BCUT2D eigenvalue weighted by Gasteiger charge is -2.07. The molecule has 0 aliphatic carbocycles. The second-order valence-electron chi connectivity index (χ2n) is 3.68. The first-order chi connectivity index (χ1) is 8.97. The zero-order valence-electron chi connectivity index (χ0n) is 10.7. The average molecular weight is 320 g/mol. The Kier molecular flexibility index (Phi) is 6.59. The van der Waals surface area contributed by atoms with Gasteiger partial charge in [0.2, 0.25) is 17.0 Å². The van der Waals surface area contributed by atoms with Crippen LogP contribution in [0.5, 0.6) is 0 Å². The molecule has 1 aromatic heterocycles. The maximum absolute atomic E-state index is 11.1. The summed E-state index contributed by atoms with van der Waals surface area (Å²) in [6.07, 6.45) is 1.27. The summed E-state index contributed by atoms with van der Waals surface area (Å²) >= 11 is 3.74. The average Bonchev–Trinajstić information content (AvgIpc) is 2.79. The molecular formula is C10H16N4O2S3. The quantitative estimate of drug-likeness (QED) is 0.697. The number of hydrogen-bond acceptors (Lipinski definition) is 7. The van der Waals surface area contributed by atoms with Crippen LogP contribution in [-0.2, 0) is 9.59 Å². The highest BCUT2D eigenvalue weighted by atomic mass is 32.2. The van der Waals surface area contributed by atoms with Crippen molar-refractivity contribution in [3.8, 4) is 0 Å². The molecule has 1 rings (SSSR count). The first kappa shape index (κ1) is 16.3. The summed E-state index contributed by atoms with van der Waals surface area (Å²) in [5, 5.41) is -0.119. The predicted octanol–water partition coefficient (Wildman–Crippen LogP) is 1.25. The third-order valence-corrected chi connectivity index (χ3v) is 5.78. The van der Waals surface area contributed by atoms with Gasteiger partial charge in [0.05, 0.1) is 10.5 Å². The van der Waals surface area contributed by atoms with Crippen LogP contribution in [0.4, 0.5) is 0 Å². The molecule has 0 aliphatic heterocycles. The second kappa shape index (κ2) is 7.71. The summed E-state index contributed by atoms with van der Waals surface area (Å²) in [5.74, 6) is -0.736. The van der Waals surface area contributed by atoms with E-state index < -0.39 is 0 Å². The summed E-state index contributed by atoms with van der Waals surface area (Å²) in [5.41, 5.74) is 10.5. The Morgan fingerprint density at radius 1 is 1.16 bits per heavy atom. The van der Waals surface area contributed by atoms with Crippen LogP contribution in [0.15, 0.2) is 9.50 Å². The third-order valence-electron chi connectivity index (χ3n) is 2.26. The number of hydrogen-bond donors (Lipinski definition) is 2. The molecule has 19 heavy (non-hydrogen) atoms. The summed E-state index contributed by atoms with van der Waals surface area (Å²) in [7, 11) is 0. The number of primary amides is 2. The Morgan fingerprint density at radius 2 is 1.68 bits per heavy atom. The molecule has 0 bridgehead atoms. The first-order valence-corrected chi connectivity index (χ1v) is 8.26. The normalized spacial score (nSPS) is 14.0. The maximum Gasteiger partial charge on any atom is 0.231 e. The smallest absolute Gasteiger partial charge is 0.231 e. The van der Waals surface area contributed by atoms with Crippen LogP contribution in [0.1, 0.15) is 26.7 Å². The van der Waals surface area contributed by atoms with E-state index in [2.05, 4.69) is 9.36 Å². The highest BCUT2D eigenvalue weighted by Gasteiger charge is 2.20. The van der Waals surface area contributed by atoms with E-state index in [1.807, 2.05) is 13.8 Å². The summed E-state index contributed by atoms with van der Waals surface area (Å²) in [4.78, 5) is 26.6. The number of carbonyl (C=O) groups is 2. The highest BCUT2D eigenvalue weighted by molar-refractivity contribution is 8.02. The number of amides is 2. The fraction of sp³-hybridized carbons (Fsp3) is 0.600. The highest BCUT2D eigenvalue weighted by Crippen LogP contribution is 2.31. The lowest BCUT2D eigenvalue weighted by Crippen LogP contribution is -2.25. The Morgan fingerprint density at radius 3 is 2.16 bits per heavy atom. The number of rotatable bonds is 8. The fourth-order valence-corrected chi connectivity index (χ4v) is 3.93. The van der Waals surface area contributed by atoms with Crippen molar-refractivity contribution in [2.75, 3.05) is 0 Å². The van der Waals surface area contributed by atoms with Gasteiger partial charge in [-0.2, -0.15) is 4.37 Å². The second-order valence-corrected chi connectivity index (χ2v) is 7.05. The van der Waals surface area contributed by atoms with Crippen molar-refractivity contribution in [3.05, 3.63) is 0 Å². The van der Waals surface area contributed by atoms with E-state index >= 15 is 0 Å². The molecule has 2 atom stereocenters. The van der Waals surface area contributed by atoms with Crippen LogP contribution in [-0.4, -0.2) is 31.7 Å². The number of aromatic nitrogens is 2. The molecule has 4 N–H and O–H groups in total. The fourth-order valence-electron chi connectivity index (χ4n) is 1.23. The molecule has 106 valence electrons. The maximum atomic E-state index is 11.1. The minimum absolute atomic E-state index is 0.302. The Labute approximate surface area is 124 Å². The van der Waals surface area contributed by atoms with Crippen LogP contribution in [0.2, 0.25) is 0 Å². The van der Waals surface area contributed by atoms with Crippen LogP contribution >= 0.6 is 35.1 Å². The number of nitrogens with two attached hydrogens (primary N) is 2. The molecule has 0 spiro atoms. The molecule has 0 aromatic carbocycles. The molecule has 6 nitrogen and oxygen atoms in total. The molecule has 1 aromatic rings. The molecule has 2 unspecified atom stereocenters. The minimum atomic E-state index is -0.375. The molecule has 0 saturated heterocycles. The van der Waals surface area contributed by atoms with Gasteiger partial charge in [-0.25, -0.2) is 4.98 Å². The topological polar surface area (TPSA) is 112 Å². The predicted molar refractivity (Wildman–Crippen MR) is 78.2 cm³/mol. The monoisotopic (exact) mass is 320 g/mol. The minimum Gasteiger partial charge on any atom is -0.369 e. The van der Waals surface area contributed by atoms with Gasteiger partial charge in [0.25, 0.3) is 0 Å². The molecule has 2 amide bonds. The standard InChI is InChI=1S/C10H16N4O2S3/c1-3-5(7(11)15)17-9-13-10(19-14-9)18-6(4-2)8(12)16/h5-6H,3-4H2,1-2H3,(H2,11,15)(H2,12,16). The molecule has 1 heterocycles. The van der Waals surface area contributed by atoms with Gasteiger partial charge in [0.15, 0.2) is 4.34 Å². The lowest BCUT2D eigenvalue weighted by atomic mass is 10.3. The zero-order valence-corrected chi connectivity index (χ0v) is 13.1. The van der Waals surface area contributed by atoms with Crippen molar-refractivity contribution in [2.45, 2.75) is 46.7 Å². The van der Waals surface area contributed by atoms with Crippen molar-refractivity contribution in [1.82, 2.24) is 9.36 Å². The number of thioether (sulfide) groups is 2. The van der Waals surface area contributed by atoms with E-state index in [-0.39, 0.29) is 22.3 Å². The molecule has 0 saturated carbocycles. The molecule has 0 radical (unpaired) electrons. The van der Waals surface area contributed by atoms with E-state index in [1.54, 1.807) is 0 Å². The molecule has 9 heteroatoms. The van der Waals surface area contributed by atoms with Crippen LogP contribution < -0.4 is 11.5 Å². The van der Waals surface area contributed by atoms with E-state index in [4.69, 9.17) is 11.5 Å². The number of nitrogens with zero attached hydrogens (tertiary/aromatic N) is 2. The van der Waals surface area contributed by atoms with Crippen LogP contribution in [0, 0.1) is 0 Å². The van der Waals surface area contributed by atoms with Gasteiger partial charge < -0.3 is 11.5 Å². The van der Waals surface area contributed by atoms with Crippen LogP contribution in [0.3, 0.4) is 0 Å². The Hall–Kier alpha value is -0.800. The van der Waals surface area contributed by atoms with E-state index in [0.717, 1.165) is 0 Å². The van der Waals surface area contributed by atoms with Gasteiger partial charge in [-0.15, -0.1) is 0 Å². The summed E-state index contributed by atoms with van der Waals surface area (Å²) in [6.45, 7) is 3.77. The molecular weight excluding hydrogens is 304 g/mol. The van der Waals surface area contributed by atoms with Crippen molar-refractivity contribution >= 4 is 46.9 Å². The third kappa shape index (κ3) is 5.00. The van der Waals surface area contributed by atoms with Crippen LogP contribution in [0.25, 0.3) is 0 Å². The van der Waals surface area contributed by atoms with Gasteiger partial charge in [-0.1, -0.05) is 37.4 Å². The van der Waals surface area contributed by atoms with E-state index in [1.165, 1.54) is 35.1 Å². The first-order valence-electron chi connectivity index (χ1n) is 5.73. The van der Waals surface area contributed by atoms with E-state index in [0.29, 0.717) is 22.3 Å². The van der Waals surface area contributed by atoms with Gasteiger partial charge in [0, 0.05) is 0 Å². The summed E-state index contributed by atoms with van der Waals surface area (Å²) < 4.78 is 4.82. The van der Waals surface area contributed by atoms with Gasteiger partial charge >= 0.3 is 0 Å². The molecule has 0 aliphatic rings.